The fourth-order valence-corrected chi connectivity index (χ4v) is 6.68. The van der Waals surface area contributed by atoms with Crippen molar-refractivity contribution in [1.82, 2.24) is 0 Å². The molecule has 1 aliphatic heterocycles. The number of benzene rings is 2. The number of aromatic hydroxyl groups is 3. The fraction of sp³-hybridized carbons (Fsp3) is 0.576. The smallest absolute Gasteiger partial charge is 0.202 e. The van der Waals surface area contributed by atoms with Gasteiger partial charge in [-0.3, -0.25) is 9.59 Å². The highest BCUT2D eigenvalue weighted by molar-refractivity contribution is 6.31. The molecule has 5 rings (SSSR count). The number of aliphatic hydroxyl groups is 4. The minimum absolute atomic E-state index is 0.0429. The highest BCUT2D eigenvalue weighted by Crippen LogP contribution is 2.53. The van der Waals surface area contributed by atoms with Crippen molar-refractivity contribution < 1.29 is 64.3 Å². The molecular formula is C33H43NO13. The van der Waals surface area contributed by atoms with Gasteiger partial charge >= 0.3 is 0 Å². The second-order valence-corrected chi connectivity index (χ2v) is 12.9. The number of phenols is 3. The SMILES string of the molecule is C[C@H](O)C[C@@H](O[C@H]1[C@H](C)O[C@H](O[C@@H]2C[C@@](O)([C@H](C)O)Cc3c(O)c4c(c(O)c32)C(=O)c2c(O)cccc2C4=O)C[C@@H]1N)O[C@@H](C)CO. The Labute approximate surface area is 271 Å². The standard InChI is InChI=1S/C33H43NO13/c1-13(36)8-22(44-14(2)12-35)47-32-15(3)45-23(9-19(32)34)46-21-11-33(43,16(4)37)10-18-25(21)31(42)27-26(29(18)40)28(39)17-6-5-7-20(38)24(17)30(27)41/h5-7,13-16,19,21-23,32,35-38,40,42-43H,8-12,34H2,1-4H3/t13-,14-,15-,16-,19-,21+,22+,23+,32-,33+/m0/s1. The Hall–Kier alpha value is -3.18. The van der Waals surface area contributed by atoms with Crippen LogP contribution in [0.3, 0.4) is 0 Å². The molecule has 258 valence electrons. The van der Waals surface area contributed by atoms with E-state index in [4.69, 9.17) is 24.7 Å². The van der Waals surface area contributed by atoms with Crippen molar-refractivity contribution in [2.24, 2.45) is 5.73 Å². The quantitative estimate of drug-likeness (QED) is 0.112. The van der Waals surface area contributed by atoms with Gasteiger partial charge in [-0.1, -0.05) is 12.1 Å². The van der Waals surface area contributed by atoms with E-state index in [-0.39, 0.29) is 54.5 Å². The Balaban J connectivity index is 1.48. The summed E-state index contributed by atoms with van der Waals surface area (Å²) in [5.74, 6) is -3.48. The molecule has 1 saturated heterocycles. The van der Waals surface area contributed by atoms with Gasteiger partial charge in [0.05, 0.1) is 59.4 Å². The number of phenolic OH excluding ortho intramolecular Hbond substituents is 3. The van der Waals surface area contributed by atoms with Crippen LogP contribution >= 0.6 is 0 Å². The van der Waals surface area contributed by atoms with Crippen molar-refractivity contribution in [3.63, 3.8) is 0 Å². The number of hydrogen-bond donors (Lipinski definition) is 8. The lowest BCUT2D eigenvalue weighted by Gasteiger charge is -2.44. The molecule has 0 unspecified atom stereocenters. The van der Waals surface area contributed by atoms with Crippen molar-refractivity contribution in [2.45, 2.75) is 114 Å². The molecule has 47 heavy (non-hydrogen) atoms. The third-order valence-electron chi connectivity index (χ3n) is 9.19. The zero-order valence-electron chi connectivity index (χ0n) is 26.6. The molecule has 14 nitrogen and oxygen atoms in total. The van der Waals surface area contributed by atoms with Crippen LogP contribution in [0.4, 0.5) is 0 Å². The molecule has 0 bridgehead atoms. The van der Waals surface area contributed by atoms with E-state index in [1.54, 1.807) is 20.8 Å². The highest BCUT2D eigenvalue weighted by atomic mass is 16.7. The topological polar surface area (TPSA) is 239 Å². The second-order valence-electron chi connectivity index (χ2n) is 12.9. The molecule has 9 N–H and O–H groups in total. The van der Waals surface area contributed by atoms with Crippen LogP contribution in [0.5, 0.6) is 17.2 Å². The first kappa shape index (κ1) is 35.1. The molecule has 2 aliphatic carbocycles. The zero-order chi connectivity index (χ0) is 34.5. The number of nitrogens with two attached hydrogens (primary N) is 1. The van der Waals surface area contributed by atoms with Gasteiger partial charge in [0.1, 0.15) is 23.4 Å². The van der Waals surface area contributed by atoms with Gasteiger partial charge < -0.3 is 60.4 Å². The maximum atomic E-state index is 13.6. The van der Waals surface area contributed by atoms with E-state index in [1.165, 1.54) is 25.1 Å². The molecular weight excluding hydrogens is 618 g/mol. The van der Waals surface area contributed by atoms with Crippen molar-refractivity contribution >= 4 is 11.6 Å². The van der Waals surface area contributed by atoms with Gasteiger partial charge in [0.2, 0.25) is 5.78 Å². The van der Waals surface area contributed by atoms with Crippen molar-refractivity contribution in [3.8, 4) is 17.2 Å². The highest BCUT2D eigenvalue weighted by Gasteiger charge is 2.49. The Bertz CT molecular complexity index is 1510. The summed E-state index contributed by atoms with van der Waals surface area (Å²) in [5, 5.41) is 74.9. The summed E-state index contributed by atoms with van der Waals surface area (Å²) in [6, 6.07) is 3.22. The van der Waals surface area contributed by atoms with Gasteiger partial charge in [-0.2, -0.15) is 0 Å². The number of hydrogen-bond acceptors (Lipinski definition) is 14. The molecule has 3 aliphatic rings. The number of fused-ring (bicyclic) bond motifs is 3. The first-order valence-corrected chi connectivity index (χ1v) is 15.7. The van der Waals surface area contributed by atoms with E-state index in [0.29, 0.717) is 0 Å². The Morgan fingerprint density at radius 1 is 1.04 bits per heavy atom. The maximum Gasteiger partial charge on any atom is 0.202 e. The molecule has 1 heterocycles. The number of carbonyl (C=O) groups excluding carboxylic acids is 2. The van der Waals surface area contributed by atoms with E-state index in [9.17, 15) is 45.3 Å². The molecule has 0 aromatic heterocycles. The molecule has 0 radical (unpaired) electrons. The lowest BCUT2D eigenvalue weighted by Crippen LogP contribution is -2.55. The van der Waals surface area contributed by atoms with Crippen LogP contribution < -0.4 is 5.73 Å². The minimum Gasteiger partial charge on any atom is -0.507 e. The van der Waals surface area contributed by atoms with Gasteiger partial charge in [0.25, 0.3) is 0 Å². The van der Waals surface area contributed by atoms with E-state index >= 15 is 0 Å². The lowest BCUT2D eigenvalue weighted by molar-refractivity contribution is -0.286. The summed E-state index contributed by atoms with van der Waals surface area (Å²) in [4.78, 5) is 27.1. The largest absolute Gasteiger partial charge is 0.507 e. The molecule has 0 saturated carbocycles. The fourth-order valence-electron chi connectivity index (χ4n) is 6.68. The average Bonchev–Trinajstić information content (AvgIpc) is 2.98. The number of rotatable bonds is 10. The number of carbonyl (C=O) groups is 2. The molecule has 2 aromatic rings. The summed E-state index contributed by atoms with van der Waals surface area (Å²) in [6.07, 6.45) is -7.85. The van der Waals surface area contributed by atoms with Crippen LogP contribution in [0.15, 0.2) is 18.2 Å². The van der Waals surface area contributed by atoms with Crippen LogP contribution in [0.25, 0.3) is 0 Å². The van der Waals surface area contributed by atoms with Crippen molar-refractivity contribution in [2.75, 3.05) is 6.61 Å². The molecule has 0 spiro atoms. The number of ether oxygens (including phenoxy) is 4. The van der Waals surface area contributed by atoms with Crippen LogP contribution in [0.2, 0.25) is 0 Å². The Morgan fingerprint density at radius 3 is 2.34 bits per heavy atom. The number of aliphatic hydroxyl groups excluding tert-OH is 3. The minimum atomic E-state index is -1.88. The van der Waals surface area contributed by atoms with E-state index in [1.807, 2.05) is 0 Å². The van der Waals surface area contributed by atoms with Gasteiger partial charge in [-0.25, -0.2) is 0 Å². The molecule has 1 fully saturated rings. The van der Waals surface area contributed by atoms with Gasteiger partial charge in [0, 0.05) is 48.4 Å². The van der Waals surface area contributed by atoms with E-state index in [2.05, 4.69) is 0 Å². The predicted molar refractivity (Wildman–Crippen MR) is 163 cm³/mol. The third-order valence-corrected chi connectivity index (χ3v) is 9.19. The van der Waals surface area contributed by atoms with Crippen molar-refractivity contribution in [3.05, 3.63) is 51.6 Å². The lowest BCUT2D eigenvalue weighted by atomic mass is 9.71. The monoisotopic (exact) mass is 661 g/mol. The van der Waals surface area contributed by atoms with Crippen LogP contribution in [-0.4, -0.2) is 109 Å². The molecule has 14 heteroatoms. The second kappa shape index (κ2) is 13.4. The van der Waals surface area contributed by atoms with Crippen molar-refractivity contribution in [1.29, 1.82) is 0 Å². The first-order valence-electron chi connectivity index (χ1n) is 15.7. The van der Waals surface area contributed by atoms with E-state index in [0.717, 1.165) is 0 Å². The van der Waals surface area contributed by atoms with Gasteiger partial charge in [-0.15, -0.1) is 0 Å². The average molecular weight is 662 g/mol. The van der Waals surface area contributed by atoms with Crippen LogP contribution in [0, 0.1) is 0 Å². The Kier molecular flexibility index (Phi) is 10.0. The summed E-state index contributed by atoms with van der Waals surface area (Å²) < 4.78 is 24.2. The summed E-state index contributed by atoms with van der Waals surface area (Å²) >= 11 is 0. The summed E-state index contributed by atoms with van der Waals surface area (Å²) in [5.41, 5.74) is 3.00. The normalized spacial score (nSPS) is 29.8. The first-order chi connectivity index (χ1) is 22.1. The van der Waals surface area contributed by atoms with E-state index < -0.39 is 101 Å². The Morgan fingerprint density at radius 2 is 1.72 bits per heavy atom. The van der Waals surface area contributed by atoms with Crippen LogP contribution in [0.1, 0.15) is 96.0 Å². The van der Waals surface area contributed by atoms with Gasteiger partial charge in [-0.05, 0) is 33.8 Å². The molecule has 10 atom stereocenters. The third kappa shape index (κ3) is 6.49. The summed E-state index contributed by atoms with van der Waals surface area (Å²) in [7, 11) is 0. The maximum absolute atomic E-state index is 13.6. The van der Waals surface area contributed by atoms with Crippen LogP contribution in [-0.2, 0) is 25.4 Å². The zero-order valence-corrected chi connectivity index (χ0v) is 26.6. The number of ketones is 2. The predicted octanol–water partition coefficient (Wildman–Crippen LogP) is 1.04. The van der Waals surface area contributed by atoms with Gasteiger partial charge in [0.15, 0.2) is 18.4 Å². The molecule has 2 aromatic carbocycles. The summed E-state index contributed by atoms with van der Waals surface area (Å²) in [6.45, 7) is 5.99. The molecule has 0 amide bonds.